The number of thiophene rings is 2. The molecule has 8 aromatic carbocycles. The average Bonchev–Trinajstić information content (AvgIpc) is 3.90. The van der Waals surface area contributed by atoms with Gasteiger partial charge in [0.25, 0.3) is 0 Å². The first kappa shape index (κ1) is 35.9. The van der Waals surface area contributed by atoms with Gasteiger partial charge in [0.15, 0.2) is 0 Å². The third-order valence-electron chi connectivity index (χ3n) is 9.62. The molecule has 0 aliphatic rings. The molecule has 56 heavy (non-hydrogen) atoms. The van der Waals surface area contributed by atoms with Gasteiger partial charge in [-0.15, -0.1) is 22.7 Å². The number of fused-ring (bicyclic) bond motifs is 6. The second kappa shape index (κ2) is 16.2. The van der Waals surface area contributed by atoms with Crippen molar-refractivity contribution in [3.8, 4) is 44.6 Å². The van der Waals surface area contributed by atoms with E-state index in [0.29, 0.717) is 0 Å². The summed E-state index contributed by atoms with van der Waals surface area (Å²) >= 11 is 11.1. The van der Waals surface area contributed by atoms with Crippen molar-refractivity contribution in [1.82, 2.24) is 0 Å². The lowest BCUT2D eigenvalue weighted by molar-refractivity contribution is 1.59. The van der Waals surface area contributed by atoms with Crippen LogP contribution in [0.1, 0.15) is 22.3 Å². The third kappa shape index (κ3) is 7.46. The highest BCUT2D eigenvalue weighted by molar-refractivity contribution is 9.10. The molecule has 0 amide bonds. The van der Waals surface area contributed by atoms with Crippen molar-refractivity contribution in [3.05, 3.63) is 213 Å². The molecule has 0 nitrogen and oxygen atoms in total. The highest BCUT2D eigenvalue weighted by atomic mass is 79.9. The molecular weight excluding hydrogens is 849 g/mol. The smallest absolute Gasteiger partial charge is 0.0470 e. The van der Waals surface area contributed by atoms with Gasteiger partial charge in [-0.25, -0.2) is 0 Å². The van der Waals surface area contributed by atoms with Gasteiger partial charge in [0.2, 0.25) is 0 Å². The highest BCUT2D eigenvalue weighted by Crippen LogP contribution is 2.42. The predicted octanol–water partition coefficient (Wildman–Crippen LogP) is 15.8. The van der Waals surface area contributed by atoms with Crippen LogP contribution in [0, 0.1) is 23.7 Å². The van der Waals surface area contributed by atoms with Crippen LogP contribution in [0.5, 0.6) is 0 Å². The molecule has 2 heterocycles. The zero-order chi connectivity index (χ0) is 37.8. The van der Waals surface area contributed by atoms with Gasteiger partial charge in [0.05, 0.1) is 0 Å². The molecule has 0 spiro atoms. The SMILES string of the molecule is Brc1ccc2c(C#Cc3ccccc3)c(Br)ccc2c1C#Cc1ccccc1.c1ccc(-c2cc3c(ccc4c5cc(-c6ccccc6)sc5ccc34)s2)cc1. The van der Waals surface area contributed by atoms with Crippen molar-refractivity contribution in [1.29, 1.82) is 0 Å². The summed E-state index contributed by atoms with van der Waals surface area (Å²) in [6, 6.07) is 63.5. The maximum atomic E-state index is 3.66. The van der Waals surface area contributed by atoms with E-state index >= 15 is 0 Å². The van der Waals surface area contributed by atoms with E-state index in [1.807, 2.05) is 95.5 Å². The molecule has 10 rings (SSSR count). The Morgan fingerprint density at radius 1 is 0.321 bits per heavy atom. The van der Waals surface area contributed by atoms with E-state index in [1.165, 1.54) is 51.8 Å². The molecule has 0 fully saturated rings. The third-order valence-corrected chi connectivity index (χ3v) is 13.2. The van der Waals surface area contributed by atoms with Crippen LogP contribution in [-0.2, 0) is 0 Å². The average molecular weight is 879 g/mol. The van der Waals surface area contributed by atoms with Crippen LogP contribution in [0.25, 0.3) is 62.6 Å². The molecule has 0 atom stereocenters. The first-order valence-electron chi connectivity index (χ1n) is 18.1. The van der Waals surface area contributed by atoms with Crippen molar-refractivity contribution in [2.75, 3.05) is 0 Å². The molecule has 0 saturated carbocycles. The van der Waals surface area contributed by atoms with Crippen molar-refractivity contribution >= 4 is 96.3 Å². The van der Waals surface area contributed by atoms with Crippen LogP contribution in [0.2, 0.25) is 0 Å². The van der Waals surface area contributed by atoms with Crippen molar-refractivity contribution in [2.24, 2.45) is 0 Å². The highest BCUT2D eigenvalue weighted by Gasteiger charge is 2.13. The summed E-state index contributed by atoms with van der Waals surface area (Å²) in [6.45, 7) is 0. The zero-order valence-electron chi connectivity index (χ0n) is 29.9. The summed E-state index contributed by atoms with van der Waals surface area (Å²) in [5.74, 6) is 13.2. The van der Waals surface area contributed by atoms with E-state index in [1.54, 1.807) is 0 Å². The molecule has 0 aliphatic heterocycles. The molecular formula is C52H30Br2S2. The van der Waals surface area contributed by atoms with E-state index in [-0.39, 0.29) is 0 Å². The van der Waals surface area contributed by atoms with Crippen molar-refractivity contribution in [3.63, 3.8) is 0 Å². The fraction of sp³-hybridized carbons (Fsp3) is 0. The van der Waals surface area contributed by atoms with Crippen LogP contribution >= 0.6 is 54.5 Å². The Labute approximate surface area is 351 Å². The lowest BCUT2D eigenvalue weighted by atomic mass is 10.00. The van der Waals surface area contributed by atoms with Gasteiger partial charge in [0.1, 0.15) is 0 Å². The van der Waals surface area contributed by atoms with Crippen molar-refractivity contribution < 1.29 is 0 Å². The van der Waals surface area contributed by atoms with E-state index in [2.05, 4.69) is 165 Å². The predicted molar refractivity (Wildman–Crippen MR) is 250 cm³/mol. The Bertz CT molecular complexity index is 2920. The van der Waals surface area contributed by atoms with Gasteiger partial charge in [-0.3, -0.25) is 0 Å². The quantitative estimate of drug-likeness (QED) is 0.152. The Morgan fingerprint density at radius 3 is 1.07 bits per heavy atom. The van der Waals surface area contributed by atoms with Crippen LogP contribution in [0.15, 0.2) is 191 Å². The monoisotopic (exact) mass is 876 g/mol. The summed E-state index contributed by atoms with van der Waals surface area (Å²) in [4.78, 5) is 2.66. The minimum atomic E-state index is 0.969. The van der Waals surface area contributed by atoms with Gasteiger partial charge in [0, 0.05) is 61.1 Å². The molecule has 0 bridgehead atoms. The molecule has 10 aromatic rings. The van der Waals surface area contributed by atoms with E-state index in [4.69, 9.17) is 0 Å². The number of rotatable bonds is 2. The van der Waals surface area contributed by atoms with E-state index in [9.17, 15) is 0 Å². The van der Waals surface area contributed by atoms with E-state index in [0.717, 1.165) is 42.0 Å². The lowest BCUT2D eigenvalue weighted by Gasteiger charge is -2.07. The molecule has 264 valence electrons. The minimum Gasteiger partial charge on any atom is -0.135 e. The van der Waals surface area contributed by atoms with Gasteiger partial charge >= 0.3 is 0 Å². The maximum Gasteiger partial charge on any atom is 0.0470 e. The fourth-order valence-corrected chi connectivity index (χ4v) is 9.91. The Kier molecular flexibility index (Phi) is 10.4. The maximum absolute atomic E-state index is 3.66. The first-order chi connectivity index (χ1) is 27.6. The topological polar surface area (TPSA) is 0 Å². The van der Waals surface area contributed by atoms with Gasteiger partial charge in [-0.05, 0) is 125 Å². The van der Waals surface area contributed by atoms with Crippen LogP contribution in [0.3, 0.4) is 0 Å². The van der Waals surface area contributed by atoms with Crippen molar-refractivity contribution in [2.45, 2.75) is 0 Å². The molecule has 4 heteroatoms. The van der Waals surface area contributed by atoms with E-state index < -0.39 is 0 Å². The Morgan fingerprint density at radius 2 is 0.679 bits per heavy atom. The largest absolute Gasteiger partial charge is 0.135 e. The Hall–Kier alpha value is -5.72. The molecule has 0 radical (unpaired) electrons. The minimum absolute atomic E-state index is 0.969. The molecule has 2 aromatic heterocycles. The first-order valence-corrected chi connectivity index (χ1v) is 21.4. The Balaban J connectivity index is 0.000000146. The summed E-state index contributed by atoms with van der Waals surface area (Å²) in [5.41, 5.74) is 6.51. The fourth-order valence-electron chi connectivity index (χ4n) is 6.85. The molecule has 0 aliphatic carbocycles. The number of benzene rings is 8. The summed E-state index contributed by atoms with van der Waals surface area (Å²) in [7, 11) is 0. The number of halogens is 2. The second-order valence-corrected chi connectivity index (χ2v) is 17.1. The van der Waals surface area contributed by atoms with Gasteiger partial charge in [-0.2, -0.15) is 0 Å². The molecule has 0 N–H and O–H groups in total. The summed E-state index contributed by atoms with van der Waals surface area (Å²) in [6.07, 6.45) is 0. The normalized spacial score (nSPS) is 10.8. The zero-order valence-corrected chi connectivity index (χ0v) is 34.7. The lowest BCUT2D eigenvalue weighted by Crippen LogP contribution is -1.88. The van der Waals surface area contributed by atoms with Crippen LogP contribution < -0.4 is 0 Å². The second-order valence-electron chi connectivity index (χ2n) is 13.2. The van der Waals surface area contributed by atoms with Crippen LogP contribution in [-0.4, -0.2) is 0 Å². The molecule has 0 unspecified atom stereocenters. The number of hydrogen-bond acceptors (Lipinski definition) is 2. The molecule has 0 saturated heterocycles. The van der Waals surface area contributed by atoms with Gasteiger partial charge < -0.3 is 0 Å². The van der Waals surface area contributed by atoms with Gasteiger partial charge in [-0.1, -0.05) is 145 Å². The standard InChI is InChI=1S/C26H14Br2.C26H16S2/c27-25-17-16-22-21(23(25)13-11-19-7-3-1-4-8-19)15-18-26(28)24(22)14-12-20-9-5-2-6-10-20;1-3-7-17(8-4-1)25-15-21-19-12-14-24-22(20(19)11-13-23(21)27-25)16-26(28-24)18-9-5-2-6-10-18/h1-10,15-18H;1-16H. The number of hydrogen-bond donors (Lipinski definition) is 0. The summed E-state index contributed by atoms with van der Waals surface area (Å²) in [5, 5.41) is 7.57. The summed E-state index contributed by atoms with van der Waals surface area (Å²) < 4.78 is 4.66. The van der Waals surface area contributed by atoms with Crippen LogP contribution in [0.4, 0.5) is 0 Å².